The van der Waals surface area contributed by atoms with Crippen LogP contribution in [0.2, 0.25) is 0 Å². The van der Waals surface area contributed by atoms with E-state index in [4.69, 9.17) is 4.74 Å². The van der Waals surface area contributed by atoms with E-state index in [1.165, 1.54) is 44.5 Å². The van der Waals surface area contributed by atoms with Gasteiger partial charge in [-0.05, 0) is 76.1 Å². The molecule has 1 N–H and O–H groups in total. The van der Waals surface area contributed by atoms with Gasteiger partial charge < -0.3 is 15.0 Å². The van der Waals surface area contributed by atoms with Crippen LogP contribution in [0.5, 0.6) is 5.75 Å². The highest BCUT2D eigenvalue weighted by Crippen LogP contribution is 2.12. The minimum Gasteiger partial charge on any atom is -0.497 e. The van der Waals surface area contributed by atoms with E-state index in [-0.39, 0.29) is 0 Å². The normalized spacial score (nSPS) is 15.8. The van der Waals surface area contributed by atoms with Crippen molar-refractivity contribution in [1.29, 1.82) is 0 Å². The second kappa shape index (κ2) is 8.18. The Morgan fingerprint density at radius 3 is 2.84 bits per heavy atom. The first-order valence-electron chi connectivity index (χ1n) is 7.44. The molecule has 1 aliphatic heterocycles. The van der Waals surface area contributed by atoms with Crippen LogP contribution in [0.4, 0.5) is 0 Å². The smallest absolute Gasteiger partial charge is 0.119 e. The van der Waals surface area contributed by atoms with Gasteiger partial charge in [0.15, 0.2) is 0 Å². The molecule has 0 amide bonds. The molecule has 0 unspecified atom stereocenters. The fourth-order valence-corrected chi connectivity index (χ4v) is 2.62. The predicted octanol–water partition coefficient (Wildman–Crippen LogP) is 2.31. The number of likely N-dealkylation sites (tertiary alicyclic amines) is 1. The molecule has 1 fully saturated rings. The van der Waals surface area contributed by atoms with Gasteiger partial charge in [-0.1, -0.05) is 12.1 Å². The number of rotatable bonds is 8. The van der Waals surface area contributed by atoms with Crippen LogP contribution in [-0.4, -0.2) is 44.7 Å². The number of hydrogen-bond acceptors (Lipinski definition) is 3. The van der Waals surface area contributed by atoms with Gasteiger partial charge in [-0.3, -0.25) is 0 Å². The molecular formula is C16H26N2O. The van der Waals surface area contributed by atoms with Gasteiger partial charge in [0.1, 0.15) is 5.75 Å². The third kappa shape index (κ3) is 5.21. The molecule has 0 spiro atoms. The molecule has 3 nitrogen and oxygen atoms in total. The quantitative estimate of drug-likeness (QED) is 0.728. The minimum absolute atomic E-state index is 0.950. The molecule has 19 heavy (non-hydrogen) atoms. The fourth-order valence-electron chi connectivity index (χ4n) is 2.62. The Labute approximate surface area is 116 Å². The van der Waals surface area contributed by atoms with E-state index in [9.17, 15) is 0 Å². The fraction of sp³-hybridized carbons (Fsp3) is 0.625. The lowest BCUT2D eigenvalue weighted by molar-refractivity contribution is 0.331. The van der Waals surface area contributed by atoms with Crippen molar-refractivity contribution in [1.82, 2.24) is 10.2 Å². The molecule has 2 rings (SSSR count). The van der Waals surface area contributed by atoms with Gasteiger partial charge in [-0.25, -0.2) is 0 Å². The lowest BCUT2D eigenvalue weighted by Crippen LogP contribution is -2.25. The Morgan fingerprint density at radius 2 is 2.05 bits per heavy atom. The van der Waals surface area contributed by atoms with Crippen LogP contribution in [0, 0.1) is 0 Å². The Bertz CT molecular complexity index is 362. The van der Waals surface area contributed by atoms with Crippen LogP contribution in [0.15, 0.2) is 24.3 Å². The van der Waals surface area contributed by atoms with Gasteiger partial charge >= 0.3 is 0 Å². The molecule has 1 aromatic carbocycles. The molecule has 0 aliphatic carbocycles. The summed E-state index contributed by atoms with van der Waals surface area (Å²) in [6.45, 7) is 6.05. The van der Waals surface area contributed by atoms with E-state index in [1.54, 1.807) is 7.11 Å². The lowest BCUT2D eigenvalue weighted by atomic mass is 10.1. The first-order valence-corrected chi connectivity index (χ1v) is 7.44. The first-order chi connectivity index (χ1) is 9.38. The van der Waals surface area contributed by atoms with E-state index < -0.39 is 0 Å². The van der Waals surface area contributed by atoms with E-state index in [2.05, 4.69) is 28.4 Å². The van der Waals surface area contributed by atoms with Gasteiger partial charge in [0.2, 0.25) is 0 Å². The highest BCUT2D eigenvalue weighted by Gasteiger charge is 2.09. The van der Waals surface area contributed by atoms with Crippen LogP contribution in [0.3, 0.4) is 0 Å². The van der Waals surface area contributed by atoms with E-state index in [1.807, 2.05) is 6.07 Å². The van der Waals surface area contributed by atoms with Crippen LogP contribution >= 0.6 is 0 Å². The molecule has 3 heteroatoms. The zero-order chi connectivity index (χ0) is 13.3. The maximum Gasteiger partial charge on any atom is 0.119 e. The van der Waals surface area contributed by atoms with Crippen molar-refractivity contribution >= 4 is 0 Å². The first kappa shape index (κ1) is 14.4. The Balaban J connectivity index is 1.53. The summed E-state index contributed by atoms with van der Waals surface area (Å²) in [5.41, 5.74) is 1.34. The monoisotopic (exact) mass is 262 g/mol. The topological polar surface area (TPSA) is 24.5 Å². The molecule has 0 atom stereocenters. The number of benzene rings is 1. The molecule has 106 valence electrons. The van der Waals surface area contributed by atoms with Crippen molar-refractivity contribution in [2.24, 2.45) is 0 Å². The summed E-state index contributed by atoms with van der Waals surface area (Å²) in [5, 5.41) is 3.53. The summed E-state index contributed by atoms with van der Waals surface area (Å²) in [5.74, 6) is 0.950. The number of nitrogens with one attached hydrogen (secondary N) is 1. The molecule has 0 radical (unpaired) electrons. The van der Waals surface area contributed by atoms with Gasteiger partial charge in [0.05, 0.1) is 7.11 Å². The van der Waals surface area contributed by atoms with Crippen molar-refractivity contribution in [3.05, 3.63) is 29.8 Å². The largest absolute Gasteiger partial charge is 0.497 e. The van der Waals surface area contributed by atoms with E-state index >= 15 is 0 Å². The average Bonchev–Trinajstić information content (AvgIpc) is 2.96. The van der Waals surface area contributed by atoms with Gasteiger partial charge in [-0.15, -0.1) is 0 Å². The zero-order valence-corrected chi connectivity index (χ0v) is 12.0. The van der Waals surface area contributed by atoms with Crippen LogP contribution in [0.25, 0.3) is 0 Å². The summed E-state index contributed by atoms with van der Waals surface area (Å²) in [6.07, 6.45) is 5.12. The van der Waals surface area contributed by atoms with Gasteiger partial charge in [0.25, 0.3) is 0 Å². The lowest BCUT2D eigenvalue weighted by Gasteiger charge is -2.14. The minimum atomic E-state index is 0.950. The molecular weight excluding hydrogens is 236 g/mol. The Morgan fingerprint density at radius 1 is 1.21 bits per heavy atom. The van der Waals surface area contributed by atoms with Crippen molar-refractivity contribution in [2.75, 3.05) is 39.8 Å². The van der Waals surface area contributed by atoms with Gasteiger partial charge in [0, 0.05) is 0 Å². The van der Waals surface area contributed by atoms with Crippen molar-refractivity contribution < 1.29 is 4.74 Å². The number of hydrogen-bond donors (Lipinski definition) is 1. The standard InChI is InChI=1S/C16H26N2O/c1-19-16-7-4-6-15(14-16)8-10-17-9-5-13-18-11-2-3-12-18/h4,6-7,14,17H,2-3,5,8-13H2,1H3. The average molecular weight is 262 g/mol. The van der Waals surface area contributed by atoms with E-state index in [0.29, 0.717) is 0 Å². The van der Waals surface area contributed by atoms with Gasteiger partial charge in [-0.2, -0.15) is 0 Å². The SMILES string of the molecule is COc1cccc(CCNCCCN2CCCC2)c1. The van der Waals surface area contributed by atoms with E-state index in [0.717, 1.165) is 25.3 Å². The van der Waals surface area contributed by atoms with Crippen LogP contribution in [-0.2, 0) is 6.42 Å². The number of methoxy groups -OCH3 is 1. The predicted molar refractivity (Wildman–Crippen MR) is 79.9 cm³/mol. The van der Waals surface area contributed by atoms with Crippen molar-refractivity contribution in [3.63, 3.8) is 0 Å². The summed E-state index contributed by atoms with van der Waals surface area (Å²) < 4.78 is 5.23. The maximum absolute atomic E-state index is 5.23. The molecule has 0 aromatic heterocycles. The van der Waals surface area contributed by atoms with Crippen LogP contribution < -0.4 is 10.1 Å². The summed E-state index contributed by atoms with van der Waals surface area (Å²) in [6, 6.07) is 8.33. The third-order valence-corrected chi connectivity index (χ3v) is 3.75. The molecule has 0 saturated carbocycles. The Hall–Kier alpha value is -1.06. The summed E-state index contributed by atoms with van der Waals surface area (Å²) >= 11 is 0. The molecule has 1 heterocycles. The summed E-state index contributed by atoms with van der Waals surface area (Å²) in [4.78, 5) is 2.57. The second-order valence-electron chi connectivity index (χ2n) is 5.25. The second-order valence-corrected chi connectivity index (χ2v) is 5.25. The third-order valence-electron chi connectivity index (χ3n) is 3.75. The number of nitrogens with zero attached hydrogens (tertiary/aromatic N) is 1. The van der Waals surface area contributed by atoms with Crippen LogP contribution in [0.1, 0.15) is 24.8 Å². The highest BCUT2D eigenvalue weighted by molar-refractivity contribution is 5.28. The zero-order valence-electron chi connectivity index (χ0n) is 12.0. The molecule has 1 aromatic rings. The Kier molecular flexibility index (Phi) is 6.18. The highest BCUT2D eigenvalue weighted by atomic mass is 16.5. The van der Waals surface area contributed by atoms with Crippen molar-refractivity contribution in [2.45, 2.75) is 25.7 Å². The summed E-state index contributed by atoms with van der Waals surface area (Å²) in [7, 11) is 1.72. The maximum atomic E-state index is 5.23. The molecule has 1 saturated heterocycles. The molecule has 1 aliphatic rings. The number of ether oxygens (including phenoxy) is 1. The molecule has 0 bridgehead atoms. The van der Waals surface area contributed by atoms with Crippen molar-refractivity contribution in [3.8, 4) is 5.75 Å².